The van der Waals surface area contributed by atoms with Crippen molar-refractivity contribution in [2.75, 3.05) is 38.2 Å². The molecule has 3 heterocycles. The number of nitro benzene ring substituents is 1. The summed E-state index contributed by atoms with van der Waals surface area (Å²) in [6, 6.07) is 15.7. The molecule has 2 aliphatic heterocycles. The van der Waals surface area contributed by atoms with Gasteiger partial charge in [-0.2, -0.15) is 0 Å². The first kappa shape index (κ1) is 32.2. The zero-order valence-corrected chi connectivity index (χ0v) is 28.2. The number of likely N-dealkylation sites (N-methyl/N-ethyl adjacent to an activating group) is 1. The Morgan fingerprint density at radius 3 is 2.53 bits per heavy atom. The number of methoxy groups -OCH3 is 1. The average molecular weight is 654 g/mol. The maximum atomic E-state index is 14.6. The van der Waals surface area contributed by atoms with Gasteiger partial charge in [0.2, 0.25) is 0 Å². The van der Waals surface area contributed by atoms with Crippen LogP contribution in [-0.4, -0.2) is 53.6 Å². The molecule has 1 atom stereocenters. The number of anilines is 1. The predicted molar refractivity (Wildman–Crippen MR) is 186 cm³/mol. The summed E-state index contributed by atoms with van der Waals surface area (Å²) < 4.78 is 7.88. The van der Waals surface area contributed by atoms with Gasteiger partial charge in [0.15, 0.2) is 4.80 Å². The minimum absolute atomic E-state index is 0.0422. The number of nitro groups is 1. The molecular formula is C36H39N5O5S. The van der Waals surface area contributed by atoms with Crippen LogP contribution in [0.1, 0.15) is 57.7 Å². The van der Waals surface area contributed by atoms with Gasteiger partial charge in [-0.3, -0.25) is 24.3 Å². The Labute approximate surface area is 277 Å². The number of aromatic nitrogens is 1. The van der Waals surface area contributed by atoms with Crippen molar-refractivity contribution in [1.29, 1.82) is 0 Å². The van der Waals surface area contributed by atoms with Crippen LogP contribution < -0.4 is 24.5 Å². The number of ether oxygens (including phenoxy) is 1. The summed E-state index contributed by atoms with van der Waals surface area (Å²) in [6.45, 7) is 10.6. The number of hydrogen-bond donors (Lipinski definition) is 0. The fourth-order valence-corrected chi connectivity index (χ4v) is 7.77. The molecule has 0 aliphatic carbocycles. The quantitative estimate of drug-likeness (QED) is 0.186. The maximum Gasteiger partial charge on any atom is 0.271 e. The number of amides is 1. The standard InChI is InChI=1S/C36H39N5O5S/c1-6-38(7-2)35(43)31-23(4)37-36-40(33(31)32-27-11-9-8-10-24(27)12-15-29(32)46-5)34(42)30(47-36)21-25-20-26(41(44)45)13-14-28(25)39-18-16-22(3)17-19-39/h8-15,20-22,33H,6-7,16-19H2,1-5H3/b30-21-/t33-/m1/s1. The van der Waals surface area contributed by atoms with E-state index >= 15 is 0 Å². The molecule has 1 saturated heterocycles. The number of benzene rings is 3. The highest BCUT2D eigenvalue weighted by Crippen LogP contribution is 2.40. The van der Waals surface area contributed by atoms with E-state index in [9.17, 15) is 19.7 Å². The van der Waals surface area contributed by atoms with E-state index < -0.39 is 11.0 Å². The van der Waals surface area contributed by atoms with Crippen molar-refractivity contribution in [3.63, 3.8) is 0 Å². The van der Waals surface area contributed by atoms with Crippen molar-refractivity contribution in [2.24, 2.45) is 10.9 Å². The minimum Gasteiger partial charge on any atom is -0.496 e. The molecule has 0 radical (unpaired) electrons. The minimum atomic E-state index is -0.810. The van der Waals surface area contributed by atoms with Gasteiger partial charge < -0.3 is 14.5 Å². The molecule has 0 unspecified atom stereocenters. The van der Waals surface area contributed by atoms with Crippen LogP contribution in [0.3, 0.4) is 0 Å². The van der Waals surface area contributed by atoms with E-state index in [1.807, 2.05) is 57.2 Å². The summed E-state index contributed by atoms with van der Waals surface area (Å²) in [6.07, 6.45) is 3.79. The molecule has 1 amide bonds. The van der Waals surface area contributed by atoms with E-state index in [2.05, 4.69) is 11.8 Å². The molecule has 2 aliphatic rings. The van der Waals surface area contributed by atoms with Crippen LogP contribution in [0.4, 0.5) is 11.4 Å². The third-order valence-corrected chi connectivity index (χ3v) is 10.3. The molecule has 4 aromatic rings. The molecule has 11 heteroatoms. The first-order valence-electron chi connectivity index (χ1n) is 16.1. The zero-order chi connectivity index (χ0) is 33.4. The molecule has 1 aromatic heterocycles. The van der Waals surface area contributed by atoms with Crippen LogP contribution in [-0.2, 0) is 4.79 Å². The van der Waals surface area contributed by atoms with E-state index in [1.165, 1.54) is 23.5 Å². The number of carbonyl (C=O) groups excluding carboxylic acids is 1. The van der Waals surface area contributed by atoms with Gasteiger partial charge in [0.05, 0.1) is 27.8 Å². The van der Waals surface area contributed by atoms with E-state index in [4.69, 9.17) is 9.73 Å². The number of carbonyl (C=O) groups is 1. The number of thiazole rings is 1. The van der Waals surface area contributed by atoms with Gasteiger partial charge in [-0.1, -0.05) is 48.6 Å². The second-order valence-corrected chi connectivity index (χ2v) is 13.1. The van der Waals surface area contributed by atoms with E-state index in [-0.39, 0.29) is 17.2 Å². The van der Waals surface area contributed by atoms with Crippen LogP contribution in [0.5, 0.6) is 5.75 Å². The van der Waals surface area contributed by atoms with Crippen molar-refractivity contribution in [2.45, 2.75) is 46.6 Å². The Kier molecular flexibility index (Phi) is 9.01. The number of nitrogens with zero attached hydrogens (tertiary/aromatic N) is 5. The van der Waals surface area contributed by atoms with E-state index in [0.29, 0.717) is 56.5 Å². The van der Waals surface area contributed by atoms with Gasteiger partial charge in [0.1, 0.15) is 11.8 Å². The molecule has 0 bridgehead atoms. The highest BCUT2D eigenvalue weighted by Gasteiger charge is 2.37. The fraction of sp³-hybridized carbons (Fsp3) is 0.361. The Hall–Kier alpha value is -4.77. The van der Waals surface area contributed by atoms with Gasteiger partial charge in [-0.15, -0.1) is 0 Å². The van der Waals surface area contributed by atoms with Crippen molar-refractivity contribution in [1.82, 2.24) is 9.47 Å². The van der Waals surface area contributed by atoms with Crippen LogP contribution in [0.25, 0.3) is 16.8 Å². The molecule has 10 nitrogen and oxygen atoms in total. The zero-order valence-electron chi connectivity index (χ0n) is 27.4. The lowest BCUT2D eigenvalue weighted by atomic mass is 9.90. The number of piperidine rings is 1. The number of rotatable bonds is 8. The molecular weight excluding hydrogens is 614 g/mol. The Morgan fingerprint density at radius 1 is 1.13 bits per heavy atom. The molecule has 0 saturated carbocycles. The summed E-state index contributed by atoms with van der Waals surface area (Å²) in [5.74, 6) is 0.980. The Bertz CT molecular complexity index is 2090. The highest BCUT2D eigenvalue weighted by molar-refractivity contribution is 7.07. The lowest BCUT2D eigenvalue weighted by Gasteiger charge is -2.33. The molecule has 3 aromatic carbocycles. The third kappa shape index (κ3) is 5.84. The molecule has 6 rings (SSSR count). The van der Waals surface area contributed by atoms with Gasteiger partial charge in [-0.25, -0.2) is 4.99 Å². The topological polar surface area (TPSA) is 110 Å². The smallest absolute Gasteiger partial charge is 0.271 e. The summed E-state index contributed by atoms with van der Waals surface area (Å²) in [5, 5.41) is 13.6. The van der Waals surface area contributed by atoms with Crippen LogP contribution in [0.2, 0.25) is 0 Å². The summed E-state index contributed by atoms with van der Waals surface area (Å²) >= 11 is 1.22. The van der Waals surface area contributed by atoms with Crippen LogP contribution in [0.15, 0.2) is 75.7 Å². The summed E-state index contributed by atoms with van der Waals surface area (Å²) in [5.41, 5.74) is 2.76. The SMILES string of the molecule is CCN(CC)C(=O)C1=C(C)N=c2s/c(=C\c3cc([N+](=O)[O-])ccc3N3CCC(C)CC3)c(=O)n2[C@H]1c1c(OC)ccc2ccccc12. The van der Waals surface area contributed by atoms with Gasteiger partial charge >= 0.3 is 0 Å². The number of non-ortho nitro benzene ring substituents is 1. The molecule has 244 valence electrons. The number of allylic oxidation sites excluding steroid dienone is 1. The monoisotopic (exact) mass is 653 g/mol. The summed E-state index contributed by atoms with van der Waals surface area (Å²) in [7, 11) is 1.59. The molecule has 47 heavy (non-hydrogen) atoms. The normalized spacial score (nSPS) is 17.1. The largest absolute Gasteiger partial charge is 0.496 e. The Balaban J connectivity index is 1.62. The van der Waals surface area contributed by atoms with Crippen LogP contribution in [0, 0.1) is 16.0 Å². The molecule has 0 N–H and O–H groups in total. The van der Waals surface area contributed by atoms with Crippen molar-refractivity contribution >= 4 is 45.5 Å². The average Bonchev–Trinajstić information content (AvgIpc) is 3.38. The second-order valence-electron chi connectivity index (χ2n) is 12.1. The molecule has 0 spiro atoms. The first-order valence-corrected chi connectivity index (χ1v) is 16.9. The van der Waals surface area contributed by atoms with Gasteiger partial charge in [0.25, 0.3) is 17.2 Å². The summed E-state index contributed by atoms with van der Waals surface area (Å²) in [4.78, 5) is 49.5. The second kappa shape index (κ2) is 13.2. The van der Waals surface area contributed by atoms with E-state index in [1.54, 1.807) is 28.7 Å². The fourth-order valence-electron chi connectivity index (χ4n) is 6.73. The lowest BCUT2D eigenvalue weighted by molar-refractivity contribution is -0.384. The highest BCUT2D eigenvalue weighted by atomic mass is 32.1. The Morgan fingerprint density at radius 2 is 1.85 bits per heavy atom. The van der Waals surface area contributed by atoms with E-state index in [0.717, 1.165) is 42.4 Å². The third-order valence-electron chi connectivity index (χ3n) is 9.36. The number of fused-ring (bicyclic) bond motifs is 2. The van der Waals surface area contributed by atoms with Gasteiger partial charge in [0, 0.05) is 55.1 Å². The predicted octanol–water partition coefficient (Wildman–Crippen LogP) is 5.41. The van der Waals surface area contributed by atoms with Crippen molar-refractivity contribution < 1.29 is 14.5 Å². The number of hydrogen-bond acceptors (Lipinski definition) is 8. The van der Waals surface area contributed by atoms with Crippen LogP contribution >= 0.6 is 11.3 Å². The maximum absolute atomic E-state index is 14.6. The van der Waals surface area contributed by atoms with Crippen molar-refractivity contribution in [3.05, 3.63) is 107 Å². The van der Waals surface area contributed by atoms with Gasteiger partial charge in [-0.05, 0) is 68.5 Å². The van der Waals surface area contributed by atoms with Crippen molar-refractivity contribution in [3.8, 4) is 5.75 Å². The lowest BCUT2D eigenvalue weighted by Crippen LogP contribution is -2.43. The molecule has 1 fully saturated rings. The first-order chi connectivity index (χ1) is 22.7.